The number of anilines is 1. The van der Waals surface area contributed by atoms with Gasteiger partial charge in [0.1, 0.15) is 5.75 Å². The van der Waals surface area contributed by atoms with Crippen LogP contribution in [-0.4, -0.2) is 54.3 Å². The van der Waals surface area contributed by atoms with Gasteiger partial charge in [-0.15, -0.1) is 10.2 Å². The lowest BCUT2D eigenvalue weighted by Crippen LogP contribution is -2.49. The number of fused-ring (bicyclic) bond motifs is 1. The first kappa shape index (κ1) is 20.0. The van der Waals surface area contributed by atoms with Crippen molar-refractivity contribution in [2.45, 2.75) is 0 Å². The van der Waals surface area contributed by atoms with Crippen LogP contribution in [0.25, 0.3) is 22.0 Å². The third-order valence-corrected chi connectivity index (χ3v) is 5.90. The van der Waals surface area contributed by atoms with Crippen molar-refractivity contribution in [3.8, 4) is 17.0 Å². The molecule has 6 heteroatoms. The number of carbonyl (C=O) groups excluding carboxylic acids is 1. The SMILES string of the molecule is COc1cccc(-c2ccc(N3CCN(C(=O)c4ccc5ccccc5c4)CC3)nn2)c1. The first-order valence-electron chi connectivity index (χ1n) is 10.7. The second kappa shape index (κ2) is 8.67. The number of piperazine rings is 1. The van der Waals surface area contributed by atoms with Gasteiger partial charge in [0.15, 0.2) is 5.82 Å². The monoisotopic (exact) mass is 424 g/mol. The molecule has 160 valence electrons. The van der Waals surface area contributed by atoms with Crippen LogP contribution < -0.4 is 9.64 Å². The van der Waals surface area contributed by atoms with Gasteiger partial charge in [-0.25, -0.2) is 0 Å². The zero-order valence-electron chi connectivity index (χ0n) is 17.9. The minimum absolute atomic E-state index is 0.0786. The van der Waals surface area contributed by atoms with Gasteiger partial charge in [-0.3, -0.25) is 4.79 Å². The number of benzene rings is 3. The lowest BCUT2D eigenvalue weighted by molar-refractivity contribution is 0.0746. The first-order valence-corrected chi connectivity index (χ1v) is 10.7. The minimum Gasteiger partial charge on any atom is -0.497 e. The van der Waals surface area contributed by atoms with Gasteiger partial charge in [0.2, 0.25) is 0 Å². The maximum atomic E-state index is 13.0. The van der Waals surface area contributed by atoms with Crippen molar-refractivity contribution in [1.29, 1.82) is 0 Å². The molecule has 0 radical (unpaired) electrons. The van der Waals surface area contributed by atoms with Crippen LogP contribution in [0.4, 0.5) is 5.82 Å². The fraction of sp³-hybridized carbons (Fsp3) is 0.192. The van der Waals surface area contributed by atoms with E-state index in [2.05, 4.69) is 21.2 Å². The summed E-state index contributed by atoms with van der Waals surface area (Å²) in [6.07, 6.45) is 0. The maximum absolute atomic E-state index is 13.0. The Morgan fingerprint density at radius 3 is 2.38 bits per heavy atom. The summed E-state index contributed by atoms with van der Waals surface area (Å²) < 4.78 is 5.29. The number of carbonyl (C=O) groups is 1. The standard InChI is InChI=1S/C26H24N4O2/c1-32-23-8-4-7-21(18-23)24-11-12-25(28-27-24)29-13-15-30(16-14-29)26(31)22-10-9-19-5-2-3-6-20(19)17-22/h2-12,17-18H,13-16H2,1H3. The molecule has 0 aliphatic carbocycles. The maximum Gasteiger partial charge on any atom is 0.253 e. The third-order valence-electron chi connectivity index (χ3n) is 5.90. The molecule has 0 bridgehead atoms. The number of rotatable bonds is 4. The van der Waals surface area contributed by atoms with Crippen molar-refractivity contribution < 1.29 is 9.53 Å². The van der Waals surface area contributed by atoms with E-state index in [-0.39, 0.29) is 5.91 Å². The quantitative estimate of drug-likeness (QED) is 0.490. The average molecular weight is 425 g/mol. The minimum atomic E-state index is 0.0786. The van der Waals surface area contributed by atoms with Gasteiger partial charge in [0, 0.05) is 37.3 Å². The highest BCUT2D eigenvalue weighted by Crippen LogP contribution is 2.23. The highest BCUT2D eigenvalue weighted by molar-refractivity contribution is 5.98. The molecule has 4 aromatic rings. The number of ether oxygens (including phenoxy) is 1. The Balaban J connectivity index is 1.24. The molecular formula is C26H24N4O2. The summed E-state index contributed by atoms with van der Waals surface area (Å²) in [5.41, 5.74) is 2.51. The van der Waals surface area contributed by atoms with Gasteiger partial charge in [-0.1, -0.05) is 42.5 Å². The second-order valence-electron chi connectivity index (χ2n) is 7.85. The van der Waals surface area contributed by atoms with Crippen LogP contribution in [0.3, 0.4) is 0 Å². The van der Waals surface area contributed by atoms with E-state index < -0.39 is 0 Å². The normalized spacial score (nSPS) is 13.9. The molecule has 5 rings (SSSR count). The number of methoxy groups -OCH3 is 1. The van der Waals surface area contributed by atoms with Crippen LogP contribution in [0, 0.1) is 0 Å². The van der Waals surface area contributed by atoms with Crippen molar-refractivity contribution in [3.63, 3.8) is 0 Å². The summed E-state index contributed by atoms with van der Waals surface area (Å²) in [7, 11) is 1.65. The molecular weight excluding hydrogens is 400 g/mol. The fourth-order valence-corrected chi connectivity index (χ4v) is 4.07. The number of hydrogen-bond acceptors (Lipinski definition) is 5. The van der Waals surface area contributed by atoms with E-state index in [9.17, 15) is 4.79 Å². The van der Waals surface area contributed by atoms with E-state index in [1.807, 2.05) is 77.7 Å². The Hall–Kier alpha value is -3.93. The summed E-state index contributed by atoms with van der Waals surface area (Å²) in [6.45, 7) is 2.77. The molecule has 1 saturated heterocycles. The van der Waals surface area contributed by atoms with Crippen molar-refractivity contribution in [2.24, 2.45) is 0 Å². The van der Waals surface area contributed by atoms with E-state index in [1.54, 1.807) is 7.11 Å². The Bertz CT molecular complexity index is 1250. The zero-order valence-corrected chi connectivity index (χ0v) is 17.9. The predicted octanol–water partition coefficient (Wildman–Crippen LogP) is 4.27. The number of amides is 1. The highest BCUT2D eigenvalue weighted by Gasteiger charge is 2.23. The molecule has 32 heavy (non-hydrogen) atoms. The molecule has 2 heterocycles. The predicted molar refractivity (Wildman–Crippen MR) is 126 cm³/mol. The van der Waals surface area contributed by atoms with Crippen molar-refractivity contribution in [2.75, 3.05) is 38.2 Å². The number of hydrogen-bond donors (Lipinski definition) is 0. The van der Waals surface area contributed by atoms with Crippen LogP contribution in [0.2, 0.25) is 0 Å². The molecule has 1 aliphatic heterocycles. The van der Waals surface area contributed by atoms with Gasteiger partial charge in [0.25, 0.3) is 5.91 Å². The third kappa shape index (κ3) is 3.99. The zero-order chi connectivity index (χ0) is 21.9. The lowest BCUT2D eigenvalue weighted by atomic mass is 10.1. The second-order valence-corrected chi connectivity index (χ2v) is 7.85. The first-order chi connectivity index (χ1) is 15.7. The van der Waals surface area contributed by atoms with Gasteiger partial charge in [-0.2, -0.15) is 0 Å². The van der Waals surface area contributed by atoms with Crippen molar-refractivity contribution >= 4 is 22.5 Å². The smallest absolute Gasteiger partial charge is 0.253 e. The van der Waals surface area contributed by atoms with Crippen molar-refractivity contribution in [1.82, 2.24) is 15.1 Å². The van der Waals surface area contributed by atoms with Crippen molar-refractivity contribution in [3.05, 3.63) is 84.4 Å². The number of nitrogens with zero attached hydrogens (tertiary/aromatic N) is 4. The summed E-state index contributed by atoms with van der Waals surface area (Å²) in [5.74, 6) is 1.70. The highest BCUT2D eigenvalue weighted by atomic mass is 16.5. The Kier molecular flexibility index (Phi) is 5.42. The van der Waals surface area contributed by atoms with Crippen LogP contribution in [0.15, 0.2) is 78.9 Å². The molecule has 0 N–H and O–H groups in total. The summed E-state index contributed by atoms with van der Waals surface area (Å²) in [4.78, 5) is 17.1. The van der Waals surface area contributed by atoms with Gasteiger partial charge in [0.05, 0.1) is 12.8 Å². The van der Waals surface area contributed by atoms with E-state index >= 15 is 0 Å². The van der Waals surface area contributed by atoms with E-state index in [0.717, 1.165) is 52.3 Å². The molecule has 6 nitrogen and oxygen atoms in total. The lowest BCUT2D eigenvalue weighted by Gasteiger charge is -2.35. The largest absolute Gasteiger partial charge is 0.497 e. The van der Waals surface area contributed by atoms with Gasteiger partial charge < -0.3 is 14.5 Å². The van der Waals surface area contributed by atoms with Gasteiger partial charge >= 0.3 is 0 Å². The summed E-state index contributed by atoms with van der Waals surface area (Å²) >= 11 is 0. The molecule has 1 aliphatic rings. The molecule has 3 aromatic carbocycles. The molecule has 0 spiro atoms. The molecule has 0 unspecified atom stereocenters. The van der Waals surface area contributed by atoms with Crippen LogP contribution >= 0.6 is 0 Å². The van der Waals surface area contributed by atoms with E-state index in [0.29, 0.717) is 13.1 Å². The molecule has 1 fully saturated rings. The fourth-order valence-electron chi connectivity index (χ4n) is 4.07. The summed E-state index contributed by atoms with van der Waals surface area (Å²) in [6, 6.07) is 25.8. The van der Waals surface area contributed by atoms with Crippen LogP contribution in [-0.2, 0) is 0 Å². The van der Waals surface area contributed by atoms with Gasteiger partial charge in [-0.05, 0) is 47.2 Å². The number of aromatic nitrogens is 2. The van der Waals surface area contributed by atoms with Crippen LogP contribution in [0.5, 0.6) is 5.75 Å². The molecule has 0 atom stereocenters. The topological polar surface area (TPSA) is 58.6 Å². The Labute approximate surface area is 187 Å². The average Bonchev–Trinajstić information content (AvgIpc) is 2.88. The van der Waals surface area contributed by atoms with Crippen LogP contribution in [0.1, 0.15) is 10.4 Å². The van der Waals surface area contributed by atoms with E-state index in [1.165, 1.54) is 0 Å². The Morgan fingerprint density at radius 1 is 0.812 bits per heavy atom. The molecule has 0 saturated carbocycles. The summed E-state index contributed by atoms with van der Waals surface area (Å²) in [5, 5.41) is 11.1. The van der Waals surface area contributed by atoms with E-state index in [4.69, 9.17) is 4.74 Å². The Morgan fingerprint density at radius 2 is 1.62 bits per heavy atom. The molecule has 1 amide bonds. The molecule has 1 aromatic heterocycles.